The molecule has 0 radical (unpaired) electrons. The monoisotopic (exact) mass is 983 g/mol. The molecule has 0 N–H and O–H groups in total. The Morgan fingerprint density at radius 3 is 0.859 bits per heavy atom. The normalized spacial score (nSPS) is 13.0. The Morgan fingerprint density at radius 1 is 0.296 bits per heavy atom. The molecule has 0 bridgehead atoms. The van der Waals surface area contributed by atoms with Gasteiger partial charge in [0.1, 0.15) is 13.2 Å². The van der Waals surface area contributed by atoms with Crippen molar-refractivity contribution in [3.8, 4) is 0 Å². The second kappa shape index (κ2) is 58.4. The molecule has 1 atom stereocenters. The maximum Gasteiger partial charge on any atom is 0.306 e. The van der Waals surface area contributed by atoms with Gasteiger partial charge in [-0.3, -0.25) is 14.4 Å². The largest absolute Gasteiger partial charge is 0.462 e. The molecule has 0 aliphatic heterocycles. The van der Waals surface area contributed by atoms with E-state index in [0.29, 0.717) is 19.3 Å². The number of carbonyl (C=O) groups is 3. The van der Waals surface area contributed by atoms with Crippen molar-refractivity contribution >= 4 is 17.9 Å². The van der Waals surface area contributed by atoms with Crippen LogP contribution in [0.5, 0.6) is 0 Å². The van der Waals surface area contributed by atoms with E-state index in [1.54, 1.807) is 0 Å². The van der Waals surface area contributed by atoms with Gasteiger partial charge < -0.3 is 14.2 Å². The molecule has 402 valence electrons. The van der Waals surface area contributed by atoms with Crippen LogP contribution in [0.3, 0.4) is 0 Å². The smallest absolute Gasteiger partial charge is 0.306 e. The lowest BCUT2D eigenvalue weighted by atomic mass is 10.1. The van der Waals surface area contributed by atoms with Gasteiger partial charge in [0.15, 0.2) is 6.10 Å². The highest BCUT2D eigenvalue weighted by Gasteiger charge is 2.19. The Labute approximate surface area is 437 Å². The molecule has 0 aromatic heterocycles. The van der Waals surface area contributed by atoms with E-state index >= 15 is 0 Å². The maximum atomic E-state index is 12.8. The van der Waals surface area contributed by atoms with E-state index in [1.807, 2.05) is 0 Å². The number of esters is 3. The highest BCUT2D eigenvalue weighted by Crippen LogP contribution is 2.14. The molecule has 0 aliphatic rings. The van der Waals surface area contributed by atoms with Gasteiger partial charge in [-0.2, -0.15) is 0 Å². The quantitative estimate of drug-likeness (QED) is 0.0261. The molecule has 6 nitrogen and oxygen atoms in total. The van der Waals surface area contributed by atoms with Crippen LogP contribution in [0.15, 0.2) is 122 Å². The van der Waals surface area contributed by atoms with Crippen LogP contribution >= 0.6 is 0 Å². The number of allylic oxidation sites excluding steroid dienone is 20. The van der Waals surface area contributed by atoms with Gasteiger partial charge in [0.25, 0.3) is 0 Å². The number of hydrogen-bond donors (Lipinski definition) is 0. The summed E-state index contributed by atoms with van der Waals surface area (Å²) in [6.07, 6.45) is 80.5. The molecule has 0 fully saturated rings. The average Bonchev–Trinajstić information content (AvgIpc) is 3.37. The second-order valence-electron chi connectivity index (χ2n) is 18.8. The van der Waals surface area contributed by atoms with Crippen molar-refractivity contribution in [1.29, 1.82) is 0 Å². The summed E-state index contributed by atoms with van der Waals surface area (Å²) in [4.78, 5) is 38.2. The minimum atomic E-state index is -0.799. The van der Waals surface area contributed by atoms with E-state index in [2.05, 4.69) is 142 Å². The standard InChI is InChI=1S/C65H106O6/c1-4-7-10-13-16-19-22-25-27-28-29-30-31-32-33-34-35-36-38-40-43-46-49-52-55-58-64(67)70-61-62(60-69-63(66)57-54-51-48-45-42-39-24-21-18-15-12-9-6-3)71-65(68)59-56-53-50-47-44-41-37-26-23-20-17-14-11-8-5-2/h7-8,10-12,15-17,19-21,24-27,29-30,32-33,37,62H,4-6,9,13-14,18,22-23,28,31,34-36,38-61H2,1-3H3/b10-7-,11-8-,15-12-,19-16-,20-17-,24-21-,27-25-,30-29-,33-32-,37-26-. The lowest BCUT2D eigenvalue weighted by molar-refractivity contribution is -0.167. The third-order valence-corrected chi connectivity index (χ3v) is 11.9. The van der Waals surface area contributed by atoms with Crippen molar-refractivity contribution in [3.63, 3.8) is 0 Å². The van der Waals surface area contributed by atoms with Crippen molar-refractivity contribution in [2.24, 2.45) is 0 Å². The van der Waals surface area contributed by atoms with Gasteiger partial charge in [-0.05, 0) is 122 Å². The van der Waals surface area contributed by atoms with Crippen molar-refractivity contribution in [1.82, 2.24) is 0 Å². The fourth-order valence-corrected chi connectivity index (χ4v) is 7.64. The zero-order chi connectivity index (χ0) is 51.4. The summed E-state index contributed by atoms with van der Waals surface area (Å²) in [6, 6.07) is 0. The SMILES string of the molecule is CC/C=C\C/C=C\C/C=C\C/C=C\C/C=C\CCCCCCCCCCCC(=O)OCC(COC(=O)CCCCCCC/C=C\C/C=C\CCC)OC(=O)CCCCCCC/C=C\C/C=C\C/C=C\CC. The van der Waals surface area contributed by atoms with Crippen molar-refractivity contribution in [3.05, 3.63) is 122 Å². The second-order valence-corrected chi connectivity index (χ2v) is 18.8. The van der Waals surface area contributed by atoms with E-state index in [1.165, 1.54) is 44.9 Å². The Morgan fingerprint density at radius 2 is 0.549 bits per heavy atom. The first-order valence-corrected chi connectivity index (χ1v) is 29.0. The zero-order valence-corrected chi connectivity index (χ0v) is 45.9. The number of hydrogen-bond acceptors (Lipinski definition) is 6. The molecule has 0 rings (SSSR count). The molecule has 0 saturated carbocycles. The van der Waals surface area contributed by atoms with Crippen LogP contribution in [-0.2, 0) is 28.6 Å². The van der Waals surface area contributed by atoms with Crippen LogP contribution in [0.1, 0.15) is 252 Å². The number of rotatable bonds is 51. The molecule has 0 aromatic rings. The maximum absolute atomic E-state index is 12.8. The summed E-state index contributed by atoms with van der Waals surface area (Å²) >= 11 is 0. The predicted octanol–water partition coefficient (Wildman–Crippen LogP) is 19.6. The van der Waals surface area contributed by atoms with Crippen LogP contribution in [0.4, 0.5) is 0 Å². The van der Waals surface area contributed by atoms with Gasteiger partial charge in [-0.1, -0.05) is 232 Å². The summed E-state index contributed by atoms with van der Waals surface area (Å²) in [5.41, 5.74) is 0. The summed E-state index contributed by atoms with van der Waals surface area (Å²) < 4.78 is 16.8. The van der Waals surface area contributed by atoms with Crippen molar-refractivity contribution in [2.75, 3.05) is 13.2 Å². The molecule has 0 aromatic carbocycles. The summed E-state index contributed by atoms with van der Waals surface area (Å²) in [7, 11) is 0. The molecular weight excluding hydrogens is 877 g/mol. The van der Waals surface area contributed by atoms with Gasteiger partial charge in [0.2, 0.25) is 0 Å². The highest BCUT2D eigenvalue weighted by atomic mass is 16.6. The fraction of sp³-hybridized carbons (Fsp3) is 0.646. The van der Waals surface area contributed by atoms with E-state index in [9.17, 15) is 14.4 Å². The van der Waals surface area contributed by atoms with E-state index < -0.39 is 6.10 Å². The van der Waals surface area contributed by atoms with Gasteiger partial charge in [0.05, 0.1) is 0 Å². The summed E-state index contributed by atoms with van der Waals surface area (Å²) in [5.74, 6) is -0.935. The molecule has 0 amide bonds. The van der Waals surface area contributed by atoms with Crippen LogP contribution in [0.25, 0.3) is 0 Å². The van der Waals surface area contributed by atoms with E-state index in [0.717, 1.165) is 167 Å². The first-order valence-electron chi connectivity index (χ1n) is 29.0. The zero-order valence-electron chi connectivity index (χ0n) is 45.9. The number of ether oxygens (including phenoxy) is 3. The molecule has 71 heavy (non-hydrogen) atoms. The Bertz CT molecular complexity index is 1500. The molecule has 1 unspecified atom stereocenters. The lowest BCUT2D eigenvalue weighted by Crippen LogP contribution is -2.30. The first-order chi connectivity index (χ1) is 35.0. The Kier molecular flexibility index (Phi) is 54.9. The molecule has 0 heterocycles. The van der Waals surface area contributed by atoms with Crippen LogP contribution < -0.4 is 0 Å². The Hall–Kier alpha value is -4.19. The van der Waals surface area contributed by atoms with Crippen molar-refractivity contribution < 1.29 is 28.6 Å². The third-order valence-electron chi connectivity index (χ3n) is 11.9. The minimum absolute atomic E-state index is 0.0956. The molecule has 0 aliphatic carbocycles. The number of carbonyl (C=O) groups excluding carboxylic acids is 3. The van der Waals surface area contributed by atoms with Gasteiger partial charge in [0, 0.05) is 19.3 Å². The molecule has 0 saturated heterocycles. The van der Waals surface area contributed by atoms with Crippen LogP contribution in [-0.4, -0.2) is 37.2 Å². The van der Waals surface area contributed by atoms with Crippen molar-refractivity contribution in [2.45, 2.75) is 258 Å². The average molecular weight is 984 g/mol. The predicted molar refractivity (Wildman–Crippen MR) is 306 cm³/mol. The first kappa shape index (κ1) is 66.8. The number of unbranched alkanes of at least 4 members (excludes halogenated alkanes) is 20. The molecular formula is C65H106O6. The van der Waals surface area contributed by atoms with Gasteiger partial charge >= 0.3 is 17.9 Å². The van der Waals surface area contributed by atoms with E-state index in [4.69, 9.17) is 14.2 Å². The fourth-order valence-electron chi connectivity index (χ4n) is 7.64. The molecule has 6 heteroatoms. The van der Waals surface area contributed by atoms with E-state index in [-0.39, 0.29) is 31.1 Å². The minimum Gasteiger partial charge on any atom is -0.462 e. The van der Waals surface area contributed by atoms with Crippen LogP contribution in [0.2, 0.25) is 0 Å². The Balaban J connectivity index is 4.36. The van der Waals surface area contributed by atoms with Gasteiger partial charge in [-0.25, -0.2) is 0 Å². The molecule has 0 spiro atoms. The topological polar surface area (TPSA) is 78.9 Å². The van der Waals surface area contributed by atoms with Crippen LogP contribution in [0, 0.1) is 0 Å². The third kappa shape index (κ3) is 56.6. The summed E-state index contributed by atoms with van der Waals surface area (Å²) in [6.45, 7) is 6.31. The lowest BCUT2D eigenvalue weighted by Gasteiger charge is -2.18. The summed E-state index contributed by atoms with van der Waals surface area (Å²) in [5, 5.41) is 0. The van der Waals surface area contributed by atoms with Gasteiger partial charge in [-0.15, -0.1) is 0 Å². The highest BCUT2D eigenvalue weighted by molar-refractivity contribution is 5.71.